The van der Waals surface area contributed by atoms with Gasteiger partial charge in [-0.3, -0.25) is 25.2 Å². The van der Waals surface area contributed by atoms with E-state index in [4.69, 9.17) is 4.74 Å². The summed E-state index contributed by atoms with van der Waals surface area (Å²) in [5.41, 5.74) is 6.32. The van der Waals surface area contributed by atoms with Gasteiger partial charge in [0.25, 0.3) is 11.8 Å². The second-order valence-electron chi connectivity index (χ2n) is 5.50. The van der Waals surface area contributed by atoms with Gasteiger partial charge < -0.3 is 10.1 Å². The Morgan fingerprint density at radius 3 is 2.37 bits per heavy atom. The number of nitrogens with one attached hydrogen (secondary N) is 3. The second-order valence-corrected chi connectivity index (χ2v) is 5.50. The van der Waals surface area contributed by atoms with Gasteiger partial charge in [-0.05, 0) is 36.4 Å². The van der Waals surface area contributed by atoms with E-state index in [0.29, 0.717) is 23.4 Å². The van der Waals surface area contributed by atoms with Gasteiger partial charge in [0, 0.05) is 29.3 Å². The maximum absolute atomic E-state index is 12.1. The van der Waals surface area contributed by atoms with Crippen molar-refractivity contribution >= 4 is 29.5 Å². The number of ether oxygens (including phenoxy) is 1. The molecule has 2 aromatic carbocycles. The zero-order valence-electron chi connectivity index (χ0n) is 15.1. The number of methoxy groups -OCH3 is 1. The molecule has 0 radical (unpaired) electrons. The smallest absolute Gasteiger partial charge is 0.269 e. The molecule has 0 bridgehead atoms. The summed E-state index contributed by atoms with van der Waals surface area (Å²) in [5.74, 6) is -0.425. The highest BCUT2D eigenvalue weighted by Gasteiger charge is 2.07. The normalized spacial score (nSPS) is 10.3. The predicted molar refractivity (Wildman–Crippen MR) is 103 cm³/mol. The van der Waals surface area contributed by atoms with Gasteiger partial charge in [0.15, 0.2) is 0 Å². The molecule has 2 rings (SSSR count). The quantitative estimate of drug-likeness (QED) is 0.540. The largest absolute Gasteiger partial charge is 0.496 e. The first-order valence-corrected chi connectivity index (χ1v) is 8.34. The van der Waals surface area contributed by atoms with E-state index in [0.717, 1.165) is 5.56 Å². The summed E-state index contributed by atoms with van der Waals surface area (Å²) in [6, 6.07) is 13.6. The average molecular weight is 367 g/mol. The number of benzene rings is 2. The van der Waals surface area contributed by atoms with Gasteiger partial charge in [-0.2, -0.15) is 0 Å². The molecular weight excluding hydrogens is 346 g/mol. The molecule has 3 N–H and O–H groups in total. The SMILES string of the molecule is CCC(=O)Nc1ccc(C(=O)NNC(=O)C=Cc2ccccc2OC)cc1. The third kappa shape index (κ3) is 6.00. The molecule has 7 nitrogen and oxygen atoms in total. The van der Waals surface area contributed by atoms with E-state index in [9.17, 15) is 14.4 Å². The van der Waals surface area contributed by atoms with Crippen molar-refractivity contribution in [1.82, 2.24) is 10.9 Å². The molecule has 0 spiro atoms. The summed E-state index contributed by atoms with van der Waals surface area (Å²) in [4.78, 5) is 35.2. The fraction of sp³-hybridized carbons (Fsp3) is 0.150. The van der Waals surface area contributed by atoms with Gasteiger partial charge >= 0.3 is 0 Å². The number of para-hydroxylation sites is 1. The van der Waals surface area contributed by atoms with E-state index in [-0.39, 0.29) is 5.91 Å². The lowest BCUT2D eigenvalue weighted by Crippen LogP contribution is -2.40. The van der Waals surface area contributed by atoms with Crippen molar-refractivity contribution < 1.29 is 19.1 Å². The Hall–Kier alpha value is -3.61. The summed E-state index contributed by atoms with van der Waals surface area (Å²) in [5, 5.41) is 2.69. The molecule has 0 saturated heterocycles. The summed E-state index contributed by atoms with van der Waals surface area (Å²) >= 11 is 0. The Balaban J connectivity index is 1.88. The van der Waals surface area contributed by atoms with Crippen LogP contribution in [-0.2, 0) is 9.59 Å². The highest BCUT2D eigenvalue weighted by molar-refractivity contribution is 5.98. The molecule has 140 valence electrons. The van der Waals surface area contributed by atoms with Crippen LogP contribution < -0.4 is 20.9 Å². The predicted octanol–water partition coefficient (Wildman–Crippen LogP) is 2.52. The number of carbonyl (C=O) groups is 3. The van der Waals surface area contributed by atoms with Gasteiger partial charge in [-0.1, -0.05) is 25.1 Å². The van der Waals surface area contributed by atoms with E-state index >= 15 is 0 Å². The van der Waals surface area contributed by atoms with Crippen molar-refractivity contribution in [2.75, 3.05) is 12.4 Å². The Bertz CT molecular complexity index is 845. The van der Waals surface area contributed by atoms with Crippen molar-refractivity contribution in [1.29, 1.82) is 0 Å². The van der Waals surface area contributed by atoms with Crippen LogP contribution in [0.2, 0.25) is 0 Å². The van der Waals surface area contributed by atoms with E-state index in [1.807, 2.05) is 12.1 Å². The topological polar surface area (TPSA) is 96.5 Å². The Kier molecular flexibility index (Phi) is 7.13. The number of carbonyl (C=O) groups excluding carboxylic acids is 3. The molecule has 7 heteroatoms. The van der Waals surface area contributed by atoms with Gasteiger partial charge in [0.05, 0.1) is 7.11 Å². The van der Waals surface area contributed by atoms with Crippen LogP contribution in [0.3, 0.4) is 0 Å². The van der Waals surface area contributed by atoms with Gasteiger partial charge in [0.1, 0.15) is 5.75 Å². The molecule has 27 heavy (non-hydrogen) atoms. The van der Waals surface area contributed by atoms with Crippen LogP contribution in [0.25, 0.3) is 6.08 Å². The average Bonchev–Trinajstić information content (AvgIpc) is 2.71. The molecule has 3 amide bonds. The first-order chi connectivity index (χ1) is 13.0. The van der Waals surface area contributed by atoms with Crippen molar-refractivity contribution in [3.8, 4) is 5.75 Å². The lowest BCUT2D eigenvalue weighted by Gasteiger charge is -2.07. The molecule has 0 aliphatic rings. The van der Waals surface area contributed by atoms with E-state index in [1.54, 1.807) is 56.5 Å². The second kappa shape index (κ2) is 9.76. The molecule has 0 heterocycles. The zero-order chi connectivity index (χ0) is 19.6. The fourth-order valence-corrected chi connectivity index (χ4v) is 2.16. The van der Waals surface area contributed by atoms with Crippen LogP contribution in [0.15, 0.2) is 54.6 Å². The van der Waals surface area contributed by atoms with Crippen LogP contribution in [-0.4, -0.2) is 24.8 Å². The molecule has 0 unspecified atom stereocenters. The van der Waals surface area contributed by atoms with Crippen LogP contribution in [0, 0.1) is 0 Å². The minimum atomic E-state index is -0.485. The maximum Gasteiger partial charge on any atom is 0.269 e. The van der Waals surface area contributed by atoms with Crippen molar-refractivity contribution in [3.05, 3.63) is 65.7 Å². The molecule has 0 aliphatic heterocycles. The zero-order valence-corrected chi connectivity index (χ0v) is 15.1. The molecular formula is C20H21N3O4. The fourth-order valence-electron chi connectivity index (χ4n) is 2.16. The highest BCUT2D eigenvalue weighted by atomic mass is 16.5. The molecule has 2 aromatic rings. The van der Waals surface area contributed by atoms with E-state index in [2.05, 4.69) is 16.2 Å². The maximum atomic E-state index is 12.1. The van der Waals surface area contributed by atoms with Crippen LogP contribution >= 0.6 is 0 Å². The number of hydrazine groups is 1. The van der Waals surface area contributed by atoms with Gasteiger partial charge in [-0.25, -0.2) is 0 Å². The summed E-state index contributed by atoms with van der Waals surface area (Å²) in [7, 11) is 1.55. The Morgan fingerprint density at radius 2 is 1.70 bits per heavy atom. The Morgan fingerprint density at radius 1 is 1.00 bits per heavy atom. The van der Waals surface area contributed by atoms with E-state index < -0.39 is 11.8 Å². The van der Waals surface area contributed by atoms with Crippen LogP contribution in [0.4, 0.5) is 5.69 Å². The number of hydrogen-bond donors (Lipinski definition) is 3. The Labute approximate surface area is 157 Å². The molecule has 0 aromatic heterocycles. The van der Waals surface area contributed by atoms with E-state index in [1.165, 1.54) is 6.08 Å². The van der Waals surface area contributed by atoms with Crippen molar-refractivity contribution in [2.45, 2.75) is 13.3 Å². The molecule has 0 atom stereocenters. The minimum absolute atomic E-state index is 0.110. The number of rotatable bonds is 6. The molecule has 0 aliphatic carbocycles. The summed E-state index contributed by atoms with van der Waals surface area (Å²) < 4.78 is 5.20. The summed E-state index contributed by atoms with van der Waals surface area (Å²) in [6.45, 7) is 1.75. The third-order valence-electron chi connectivity index (χ3n) is 3.60. The van der Waals surface area contributed by atoms with Gasteiger partial charge in [-0.15, -0.1) is 0 Å². The first-order valence-electron chi connectivity index (χ1n) is 8.34. The van der Waals surface area contributed by atoms with Crippen molar-refractivity contribution in [3.63, 3.8) is 0 Å². The number of hydrogen-bond acceptors (Lipinski definition) is 4. The summed E-state index contributed by atoms with van der Waals surface area (Å²) in [6.07, 6.45) is 3.25. The van der Waals surface area contributed by atoms with Gasteiger partial charge in [0.2, 0.25) is 5.91 Å². The van der Waals surface area contributed by atoms with Crippen molar-refractivity contribution in [2.24, 2.45) is 0 Å². The first kappa shape index (κ1) is 19.7. The number of anilines is 1. The third-order valence-corrected chi connectivity index (χ3v) is 3.60. The highest BCUT2D eigenvalue weighted by Crippen LogP contribution is 2.18. The van der Waals surface area contributed by atoms with Crippen LogP contribution in [0.5, 0.6) is 5.75 Å². The van der Waals surface area contributed by atoms with Crippen LogP contribution in [0.1, 0.15) is 29.3 Å². The molecule has 0 fully saturated rings. The monoisotopic (exact) mass is 367 g/mol. The lowest BCUT2D eigenvalue weighted by molar-refractivity contribution is -0.117. The standard InChI is InChI=1S/C20H21N3O4/c1-3-18(24)21-16-11-8-15(9-12-16)20(26)23-22-19(25)13-10-14-6-4-5-7-17(14)27-2/h4-13H,3H2,1-2H3,(H,21,24)(H,22,25)(H,23,26). The minimum Gasteiger partial charge on any atom is -0.496 e. The number of amides is 3. The lowest BCUT2D eigenvalue weighted by atomic mass is 10.2. The molecule has 0 saturated carbocycles.